The van der Waals surface area contributed by atoms with Gasteiger partial charge in [-0.05, 0) is 75.8 Å². The molecule has 1 amide bonds. The Balaban J connectivity index is 1.55. The molecule has 2 aliphatic rings. The predicted molar refractivity (Wildman–Crippen MR) is 116 cm³/mol. The van der Waals surface area contributed by atoms with Crippen LogP contribution in [0.2, 0.25) is 0 Å². The van der Waals surface area contributed by atoms with E-state index in [-0.39, 0.29) is 23.1 Å². The number of ketones is 1. The lowest BCUT2D eigenvalue weighted by Crippen LogP contribution is -2.39. The van der Waals surface area contributed by atoms with Crippen LogP contribution in [0.15, 0.2) is 34.7 Å². The first-order chi connectivity index (χ1) is 14.4. The number of aryl methyl sites for hydroxylation is 2. The first-order valence-electron chi connectivity index (χ1n) is 10.5. The molecule has 5 rings (SSSR count). The van der Waals surface area contributed by atoms with Gasteiger partial charge in [0.05, 0.1) is 12.0 Å². The molecule has 5 nitrogen and oxygen atoms in total. The molecule has 0 unspecified atom stereocenters. The van der Waals surface area contributed by atoms with E-state index in [0.29, 0.717) is 34.3 Å². The van der Waals surface area contributed by atoms with Crippen LogP contribution in [0.1, 0.15) is 69.7 Å². The fraction of sp³-hybridized carbons (Fsp3) is 0.360. The summed E-state index contributed by atoms with van der Waals surface area (Å²) in [5.74, 6) is 0.607. The molecule has 2 aromatic carbocycles. The van der Waals surface area contributed by atoms with Crippen molar-refractivity contribution in [1.29, 1.82) is 0 Å². The number of fused-ring (bicyclic) bond motifs is 3. The van der Waals surface area contributed by atoms with Crippen LogP contribution < -0.4 is 10.1 Å². The highest BCUT2D eigenvalue weighted by Crippen LogP contribution is 2.46. The fourth-order valence-corrected chi connectivity index (χ4v) is 4.91. The van der Waals surface area contributed by atoms with Crippen molar-refractivity contribution in [2.24, 2.45) is 0 Å². The minimum absolute atomic E-state index is 0.0779. The summed E-state index contributed by atoms with van der Waals surface area (Å²) in [5.41, 5.74) is 4.29. The first-order valence-corrected chi connectivity index (χ1v) is 10.5. The van der Waals surface area contributed by atoms with Crippen molar-refractivity contribution in [3.05, 3.63) is 58.3 Å². The van der Waals surface area contributed by atoms with Crippen LogP contribution in [0.3, 0.4) is 0 Å². The smallest absolute Gasteiger partial charge is 0.291 e. The molecular weight excluding hydrogens is 378 g/mol. The van der Waals surface area contributed by atoms with Gasteiger partial charge < -0.3 is 14.5 Å². The van der Waals surface area contributed by atoms with Crippen LogP contribution in [0.5, 0.6) is 5.75 Å². The first kappa shape index (κ1) is 18.9. The lowest BCUT2D eigenvalue weighted by molar-refractivity contribution is 0.0454. The van der Waals surface area contributed by atoms with Gasteiger partial charge in [-0.2, -0.15) is 0 Å². The Hall–Kier alpha value is -3.08. The lowest BCUT2D eigenvalue weighted by atomic mass is 9.87. The largest absolute Gasteiger partial charge is 0.486 e. The van der Waals surface area contributed by atoms with Crippen molar-refractivity contribution in [3.8, 4) is 5.75 Å². The summed E-state index contributed by atoms with van der Waals surface area (Å²) in [6.45, 7) is 5.81. The highest BCUT2D eigenvalue weighted by atomic mass is 16.5. The number of carbonyl (C=O) groups excluding carboxylic acids is 2. The number of benzene rings is 2. The molecule has 0 radical (unpaired) electrons. The molecule has 154 valence electrons. The summed E-state index contributed by atoms with van der Waals surface area (Å²) < 4.78 is 12.3. The fourth-order valence-electron chi connectivity index (χ4n) is 4.91. The lowest BCUT2D eigenvalue weighted by Gasteiger charge is -2.34. The summed E-state index contributed by atoms with van der Waals surface area (Å²) in [6.07, 6.45) is 4.43. The van der Waals surface area contributed by atoms with E-state index in [9.17, 15) is 9.59 Å². The van der Waals surface area contributed by atoms with Crippen LogP contribution in [-0.2, 0) is 0 Å². The minimum Gasteiger partial charge on any atom is -0.486 e. The maximum absolute atomic E-state index is 13.1. The summed E-state index contributed by atoms with van der Waals surface area (Å²) in [5, 5.41) is 3.64. The van der Waals surface area contributed by atoms with Gasteiger partial charge in [-0.1, -0.05) is 12.1 Å². The van der Waals surface area contributed by atoms with Crippen molar-refractivity contribution in [3.63, 3.8) is 0 Å². The zero-order valence-electron chi connectivity index (χ0n) is 17.6. The number of hydrogen-bond acceptors (Lipinski definition) is 4. The number of amides is 1. The molecule has 1 aliphatic heterocycles. The normalized spacial score (nSPS) is 17.2. The standard InChI is InChI=1S/C25H25NO4/c1-14-7-6-8-17(15(14)2)26-24(28)23-16(3)21-19(29-23)9-10-20-22(21)18(27)13-25(30-20)11-4-5-12-25/h6-10H,4-5,11-13H2,1-3H3,(H,26,28). The van der Waals surface area contributed by atoms with Gasteiger partial charge in [0.2, 0.25) is 0 Å². The van der Waals surface area contributed by atoms with E-state index in [0.717, 1.165) is 42.5 Å². The zero-order chi connectivity index (χ0) is 21.0. The minimum atomic E-state index is -0.349. The SMILES string of the molecule is Cc1cccc(NC(=O)c2oc3ccc4c(c3c2C)C(=O)CC2(CCCC2)O4)c1C. The van der Waals surface area contributed by atoms with E-state index in [2.05, 4.69) is 5.32 Å². The van der Waals surface area contributed by atoms with Crippen LogP contribution in [0.25, 0.3) is 11.0 Å². The third-order valence-corrected chi connectivity index (χ3v) is 6.72. The van der Waals surface area contributed by atoms with Crippen LogP contribution in [0.4, 0.5) is 5.69 Å². The van der Waals surface area contributed by atoms with Gasteiger partial charge >= 0.3 is 0 Å². The van der Waals surface area contributed by atoms with Crippen LogP contribution in [0, 0.1) is 20.8 Å². The molecule has 1 aliphatic carbocycles. The van der Waals surface area contributed by atoms with Gasteiger partial charge in [-0.3, -0.25) is 9.59 Å². The third-order valence-electron chi connectivity index (χ3n) is 6.72. The number of ether oxygens (including phenoxy) is 1. The van der Waals surface area contributed by atoms with Crippen molar-refractivity contribution in [2.45, 2.75) is 58.5 Å². The highest BCUT2D eigenvalue weighted by molar-refractivity contribution is 6.15. The predicted octanol–water partition coefficient (Wildman–Crippen LogP) is 5.89. The van der Waals surface area contributed by atoms with Crippen molar-refractivity contribution >= 4 is 28.3 Å². The van der Waals surface area contributed by atoms with Gasteiger partial charge in [-0.15, -0.1) is 0 Å². The third kappa shape index (κ3) is 2.83. The number of rotatable bonds is 2. The molecule has 2 heterocycles. The average Bonchev–Trinajstić information content (AvgIpc) is 3.29. The van der Waals surface area contributed by atoms with Crippen molar-refractivity contribution in [1.82, 2.24) is 0 Å². The molecule has 3 aromatic rings. The maximum atomic E-state index is 13.1. The Morgan fingerprint density at radius 1 is 1.03 bits per heavy atom. The molecule has 0 saturated heterocycles. The van der Waals surface area contributed by atoms with Gasteiger partial charge in [0.1, 0.15) is 16.9 Å². The molecule has 1 fully saturated rings. The Bertz CT molecular complexity index is 1200. The summed E-state index contributed by atoms with van der Waals surface area (Å²) in [7, 11) is 0. The van der Waals surface area contributed by atoms with Gasteiger partial charge in [0.15, 0.2) is 11.5 Å². The molecule has 30 heavy (non-hydrogen) atoms. The van der Waals surface area contributed by atoms with Crippen LogP contribution >= 0.6 is 0 Å². The van der Waals surface area contributed by atoms with E-state index < -0.39 is 0 Å². The molecular formula is C25H25NO4. The molecule has 1 saturated carbocycles. The van der Waals surface area contributed by atoms with E-state index in [1.165, 1.54) is 0 Å². The zero-order valence-corrected chi connectivity index (χ0v) is 17.6. The second-order valence-electron chi connectivity index (χ2n) is 8.66. The monoisotopic (exact) mass is 403 g/mol. The van der Waals surface area contributed by atoms with Gasteiger partial charge in [0.25, 0.3) is 5.91 Å². The second-order valence-corrected chi connectivity index (χ2v) is 8.66. The summed E-state index contributed by atoms with van der Waals surface area (Å²) >= 11 is 0. The topological polar surface area (TPSA) is 68.5 Å². The van der Waals surface area contributed by atoms with Crippen molar-refractivity contribution < 1.29 is 18.7 Å². The number of Topliss-reactive ketones (excluding diaryl/α,β-unsaturated/α-hetero) is 1. The second kappa shape index (κ2) is 6.73. The number of hydrogen-bond donors (Lipinski definition) is 1. The van der Waals surface area contributed by atoms with E-state index >= 15 is 0 Å². The Morgan fingerprint density at radius 2 is 1.80 bits per heavy atom. The Labute approximate surface area is 175 Å². The number of furan rings is 1. The molecule has 5 heteroatoms. The average molecular weight is 403 g/mol. The van der Waals surface area contributed by atoms with Gasteiger partial charge in [-0.25, -0.2) is 0 Å². The quantitative estimate of drug-likeness (QED) is 0.579. The van der Waals surface area contributed by atoms with E-state index in [1.807, 2.05) is 45.0 Å². The van der Waals surface area contributed by atoms with Crippen LogP contribution in [-0.4, -0.2) is 17.3 Å². The molecule has 1 N–H and O–H groups in total. The molecule has 1 spiro atoms. The summed E-state index contributed by atoms with van der Waals surface area (Å²) in [6, 6.07) is 9.40. The van der Waals surface area contributed by atoms with Crippen molar-refractivity contribution in [2.75, 3.05) is 5.32 Å². The maximum Gasteiger partial charge on any atom is 0.291 e. The number of nitrogens with one attached hydrogen (secondary N) is 1. The Morgan fingerprint density at radius 3 is 2.57 bits per heavy atom. The molecule has 1 aromatic heterocycles. The number of anilines is 1. The number of carbonyl (C=O) groups is 2. The Kier molecular flexibility index (Phi) is 4.24. The highest BCUT2D eigenvalue weighted by Gasteiger charge is 2.43. The molecule has 0 atom stereocenters. The van der Waals surface area contributed by atoms with E-state index in [4.69, 9.17) is 9.15 Å². The van der Waals surface area contributed by atoms with Gasteiger partial charge in [0, 0.05) is 16.6 Å². The summed E-state index contributed by atoms with van der Waals surface area (Å²) in [4.78, 5) is 26.1. The molecule has 0 bridgehead atoms. The van der Waals surface area contributed by atoms with E-state index in [1.54, 1.807) is 6.07 Å².